The van der Waals surface area contributed by atoms with Gasteiger partial charge >= 0.3 is 0 Å². The molecule has 0 amide bonds. The summed E-state index contributed by atoms with van der Waals surface area (Å²) in [4.78, 5) is 8.42. The van der Waals surface area contributed by atoms with Crippen LogP contribution in [0.3, 0.4) is 0 Å². The van der Waals surface area contributed by atoms with Crippen LogP contribution in [0.15, 0.2) is 58.2 Å². The second kappa shape index (κ2) is 5.66. The van der Waals surface area contributed by atoms with Gasteiger partial charge in [0.1, 0.15) is 4.60 Å². The van der Waals surface area contributed by atoms with Crippen molar-refractivity contribution >= 4 is 42.5 Å². The fraction of sp³-hybridized carbons (Fsp3) is 0.0667. The van der Waals surface area contributed by atoms with Crippen LogP contribution < -0.4 is 4.72 Å². The van der Waals surface area contributed by atoms with Gasteiger partial charge in [-0.25, -0.2) is 18.4 Å². The van der Waals surface area contributed by atoms with Gasteiger partial charge in [-0.15, -0.1) is 0 Å². The molecule has 0 atom stereocenters. The topological polar surface area (TPSA) is 72.0 Å². The monoisotopic (exact) mass is 377 g/mol. The average molecular weight is 378 g/mol. The third-order valence-corrected chi connectivity index (χ3v) is 5.07. The van der Waals surface area contributed by atoms with Gasteiger partial charge in [0, 0.05) is 5.39 Å². The van der Waals surface area contributed by atoms with Crippen LogP contribution in [0.5, 0.6) is 0 Å². The van der Waals surface area contributed by atoms with Crippen molar-refractivity contribution in [2.24, 2.45) is 0 Å². The van der Waals surface area contributed by atoms with Crippen LogP contribution in [0, 0.1) is 6.92 Å². The standard InChI is InChI=1S/C15H12BrN3O2S/c1-10-9-17-15(14(16)18-10)19-22(20,21)13-8-4-6-11-5-2-3-7-12(11)13/h2-9H,1H3,(H,17,19). The van der Waals surface area contributed by atoms with Gasteiger partial charge in [-0.1, -0.05) is 36.4 Å². The third kappa shape index (κ3) is 2.82. The van der Waals surface area contributed by atoms with E-state index in [4.69, 9.17) is 0 Å². The SMILES string of the molecule is Cc1cnc(NS(=O)(=O)c2cccc3ccccc23)c(Br)n1. The quantitative estimate of drug-likeness (QED) is 0.757. The normalized spacial score (nSPS) is 11.5. The Hall–Kier alpha value is -1.99. The minimum absolute atomic E-state index is 0.165. The van der Waals surface area contributed by atoms with Crippen LogP contribution in [0.25, 0.3) is 10.8 Å². The summed E-state index contributed by atoms with van der Waals surface area (Å²) in [5, 5.41) is 1.52. The summed E-state index contributed by atoms with van der Waals surface area (Å²) in [5.74, 6) is 0.165. The summed E-state index contributed by atoms with van der Waals surface area (Å²) in [6.45, 7) is 1.78. The van der Waals surface area contributed by atoms with Crippen LogP contribution in [-0.4, -0.2) is 18.4 Å². The zero-order valence-electron chi connectivity index (χ0n) is 11.6. The minimum atomic E-state index is -3.76. The summed E-state index contributed by atoms with van der Waals surface area (Å²) >= 11 is 3.22. The van der Waals surface area contributed by atoms with Crippen LogP contribution in [0.1, 0.15) is 5.69 Å². The lowest BCUT2D eigenvalue weighted by Gasteiger charge is -2.11. The molecule has 112 valence electrons. The summed E-state index contributed by atoms with van der Waals surface area (Å²) in [6, 6.07) is 12.5. The number of fused-ring (bicyclic) bond motifs is 1. The van der Waals surface area contributed by atoms with Crippen LogP contribution in [0.4, 0.5) is 5.82 Å². The Bertz CT molecular complexity index is 953. The first-order valence-corrected chi connectivity index (χ1v) is 8.75. The van der Waals surface area contributed by atoms with Crippen molar-refractivity contribution in [1.82, 2.24) is 9.97 Å². The highest BCUT2D eigenvalue weighted by atomic mass is 79.9. The smallest absolute Gasteiger partial charge is 0.261 e. The Kier molecular flexibility index (Phi) is 3.84. The van der Waals surface area contributed by atoms with Gasteiger partial charge in [-0.2, -0.15) is 0 Å². The van der Waals surface area contributed by atoms with Crippen LogP contribution >= 0.6 is 15.9 Å². The minimum Gasteiger partial charge on any atom is -0.261 e. The van der Waals surface area contributed by atoms with E-state index >= 15 is 0 Å². The molecule has 0 aliphatic heterocycles. The summed E-state index contributed by atoms with van der Waals surface area (Å²) < 4.78 is 28.1. The maximum Gasteiger partial charge on any atom is 0.263 e. The molecule has 22 heavy (non-hydrogen) atoms. The Morgan fingerprint density at radius 2 is 1.82 bits per heavy atom. The highest BCUT2D eigenvalue weighted by molar-refractivity contribution is 9.10. The predicted molar refractivity (Wildman–Crippen MR) is 89.2 cm³/mol. The molecule has 0 bridgehead atoms. The van der Waals surface area contributed by atoms with E-state index < -0.39 is 10.0 Å². The van der Waals surface area contributed by atoms with Gasteiger partial charge in [0.25, 0.3) is 10.0 Å². The molecule has 3 aromatic rings. The molecule has 0 saturated heterocycles. The van der Waals surface area contributed by atoms with Gasteiger partial charge in [0.05, 0.1) is 16.8 Å². The molecule has 1 heterocycles. The molecule has 0 aliphatic rings. The highest BCUT2D eigenvalue weighted by Gasteiger charge is 2.19. The number of benzene rings is 2. The lowest BCUT2D eigenvalue weighted by Crippen LogP contribution is -2.15. The summed E-state index contributed by atoms with van der Waals surface area (Å²) in [7, 11) is -3.76. The lowest BCUT2D eigenvalue weighted by atomic mass is 10.1. The summed E-state index contributed by atoms with van der Waals surface area (Å²) in [6.07, 6.45) is 1.51. The van der Waals surface area contributed by atoms with E-state index in [1.807, 2.05) is 24.3 Å². The molecule has 1 aromatic heterocycles. The van der Waals surface area contributed by atoms with Gasteiger partial charge in [0.2, 0.25) is 0 Å². The number of sulfonamides is 1. The van der Waals surface area contributed by atoms with E-state index in [9.17, 15) is 8.42 Å². The number of aryl methyl sites for hydroxylation is 1. The second-order valence-electron chi connectivity index (χ2n) is 4.73. The molecule has 0 radical (unpaired) electrons. The fourth-order valence-electron chi connectivity index (χ4n) is 2.13. The molecule has 1 N–H and O–H groups in total. The largest absolute Gasteiger partial charge is 0.263 e. The van der Waals surface area contributed by atoms with Gasteiger partial charge in [-0.3, -0.25) is 4.72 Å². The van der Waals surface area contributed by atoms with Crippen molar-refractivity contribution in [2.45, 2.75) is 11.8 Å². The predicted octanol–water partition coefficient (Wildman–Crippen LogP) is 3.50. The molecule has 0 saturated carbocycles. The molecule has 0 spiro atoms. The lowest BCUT2D eigenvalue weighted by molar-refractivity contribution is 0.602. The number of nitrogens with one attached hydrogen (secondary N) is 1. The van der Waals surface area contributed by atoms with E-state index in [1.54, 1.807) is 25.1 Å². The molecular weight excluding hydrogens is 366 g/mol. The van der Waals surface area contributed by atoms with E-state index in [0.29, 0.717) is 15.7 Å². The third-order valence-electron chi connectivity index (χ3n) is 3.12. The van der Waals surface area contributed by atoms with E-state index in [1.165, 1.54) is 6.20 Å². The fourth-order valence-corrected chi connectivity index (χ4v) is 3.99. The first kappa shape index (κ1) is 14.9. The van der Waals surface area contributed by atoms with Crippen molar-refractivity contribution in [3.05, 3.63) is 59.0 Å². The van der Waals surface area contributed by atoms with Gasteiger partial charge in [0.15, 0.2) is 5.82 Å². The number of hydrogen-bond donors (Lipinski definition) is 1. The number of aromatic nitrogens is 2. The van der Waals surface area contributed by atoms with E-state index in [-0.39, 0.29) is 10.7 Å². The van der Waals surface area contributed by atoms with Gasteiger partial charge in [-0.05, 0) is 34.3 Å². The van der Waals surface area contributed by atoms with Crippen molar-refractivity contribution in [3.8, 4) is 0 Å². The molecular formula is C15H12BrN3O2S. The van der Waals surface area contributed by atoms with E-state index in [2.05, 4.69) is 30.6 Å². The van der Waals surface area contributed by atoms with Crippen molar-refractivity contribution in [3.63, 3.8) is 0 Å². The van der Waals surface area contributed by atoms with Crippen LogP contribution in [0.2, 0.25) is 0 Å². The first-order chi connectivity index (χ1) is 10.5. The summed E-state index contributed by atoms with van der Waals surface area (Å²) in [5.41, 5.74) is 0.694. The number of anilines is 1. The van der Waals surface area contributed by atoms with Gasteiger partial charge < -0.3 is 0 Å². The maximum absolute atomic E-state index is 12.7. The number of rotatable bonds is 3. The Labute approximate surface area is 136 Å². The molecule has 3 rings (SSSR count). The average Bonchev–Trinajstić information content (AvgIpc) is 2.49. The zero-order valence-corrected chi connectivity index (χ0v) is 14.0. The number of hydrogen-bond acceptors (Lipinski definition) is 4. The molecule has 0 fully saturated rings. The number of nitrogens with zero attached hydrogens (tertiary/aromatic N) is 2. The first-order valence-electron chi connectivity index (χ1n) is 6.47. The Morgan fingerprint density at radius 3 is 2.59 bits per heavy atom. The molecule has 5 nitrogen and oxygen atoms in total. The second-order valence-corrected chi connectivity index (χ2v) is 7.14. The van der Waals surface area contributed by atoms with Crippen molar-refractivity contribution < 1.29 is 8.42 Å². The molecule has 2 aromatic carbocycles. The highest BCUT2D eigenvalue weighted by Crippen LogP contribution is 2.26. The zero-order chi connectivity index (χ0) is 15.7. The van der Waals surface area contributed by atoms with Crippen LogP contribution in [-0.2, 0) is 10.0 Å². The molecule has 7 heteroatoms. The van der Waals surface area contributed by atoms with Crippen molar-refractivity contribution in [1.29, 1.82) is 0 Å². The van der Waals surface area contributed by atoms with E-state index in [0.717, 1.165) is 5.39 Å². The number of halogens is 1. The van der Waals surface area contributed by atoms with Crippen molar-refractivity contribution in [2.75, 3.05) is 4.72 Å². The Balaban J connectivity index is 2.09. The molecule has 0 unspecified atom stereocenters. The maximum atomic E-state index is 12.7. The molecule has 0 aliphatic carbocycles. The Morgan fingerprint density at radius 1 is 1.09 bits per heavy atom.